The molecule has 1 aromatic heterocycles. The number of hydrogen-bond donors (Lipinski definition) is 2. The Morgan fingerprint density at radius 1 is 1.37 bits per heavy atom. The molecular weight excluding hydrogens is 248 g/mol. The summed E-state index contributed by atoms with van der Waals surface area (Å²) in [5, 5.41) is 19.4. The Labute approximate surface area is 112 Å². The molecule has 0 bridgehead atoms. The van der Waals surface area contributed by atoms with E-state index in [4.69, 9.17) is 9.15 Å². The molecule has 1 atom stereocenters. The van der Waals surface area contributed by atoms with Gasteiger partial charge in [0, 0.05) is 0 Å². The molecular formula is C14H22O5. The SMILES string of the molecule is CCCCCC[C@H](O)c1oc(=O)cc(OC)c1CO. The summed E-state index contributed by atoms with van der Waals surface area (Å²) in [5.74, 6) is 0.365. The highest BCUT2D eigenvalue weighted by Crippen LogP contribution is 2.28. The van der Waals surface area contributed by atoms with Crippen LogP contribution in [0.4, 0.5) is 0 Å². The van der Waals surface area contributed by atoms with E-state index < -0.39 is 11.7 Å². The van der Waals surface area contributed by atoms with Crippen LogP contribution < -0.4 is 10.4 Å². The monoisotopic (exact) mass is 270 g/mol. The van der Waals surface area contributed by atoms with Gasteiger partial charge < -0.3 is 19.4 Å². The first kappa shape index (κ1) is 15.7. The number of methoxy groups -OCH3 is 1. The van der Waals surface area contributed by atoms with E-state index in [2.05, 4.69) is 6.92 Å². The molecule has 1 rings (SSSR count). The second kappa shape index (κ2) is 7.96. The smallest absolute Gasteiger partial charge is 0.339 e. The van der Waals surface area contributed by atoms with Gasteiger partial charge in [0.05, 0.1) is 25.3 Å². The van der Waals surface area contributed by atoms with E-state index in [0.29, 0.717) is 12.0 Å². The summed E-state index contributed by atoms with van der Waals surface area (Å²) in [4.78, 5) is 11.4. The van der Waals surface area contributed by atoms with Gasteiger partial charge in [-0.1, -0.05) is 32.6 Å². The average molecular weight is 270 g/mol. The quantitative estimate of drug-likeness (QED) is 0.707. The number of unbranched alkanes of at least 4 members (excludes halogenated alkanes) is 3. The molecule has 1 aromatic rings. The van der Waals surface area contributed by atoms with E-state index >= 15 is 0 Å². The highest BCUT2D eigenvalue weighted by molar-refractivity contribution is 5.34. The van der Waals surface area contributed by atoms with Gasteiger partial charge >= 0.3 is 5.63 Å². The summed E-state index contributed by atoms with van der Waals surface area (Å²) in [6.07, 6.45) is 3.72. The molecule has 0 unspecified atom stereocenters. The minimum absolute atomic E-state index is 0.114. The second-order valence-electron chi connectivity index (χ2n) is 4.50. The van der Waals surface area contributed by atoms with Gasteiger partial charge in [0.25, 0.3) is 0 Å². The molecule has 0 aromatic carbocycles. The summed E-state index contributed by atoms with van der Waals surface area (Å²) in [6.45, 7) is 1.77. The summed E-state index contributed by atoms with van der Waals surface area (Å²) >= 11 is 0. The highest BCUT2D eigenvalue weighted by atomic mass is 16.5. The van der Waals surface area contributed by atoms with Crippen LogP contribution in [-0.2, 0) is 6.61 Å². The van der Waals surface area contributed by atoms with Gasteiger partial charge in [-0.15, -0.1) is 0 Å². The Kier molecular flexibility index (Phi) is 6.59. The predicted octanol–water partition coefficient (Wildman–Crippen LogP) is 2.14. The van der Waals surface area contributed by atoms with E-state index in [1.165, 1.54) is 13.2 Å². The first-order valence-corrected chi connectivity index (χ1v) is 6.63. The first-order chi connectivity index (χ1) is 9.13. The largest absolute Gasteiger partial charge is 0.496 e. The van der Waals surface area contributed by atoms with Crippen molar-refractivity contribution >= 4 is 0 Å². The molecule has 0 radical (unpaired) electrons. The maximum atomic E-state index is 11.4. The lowest BCUT2D eigenvalue weighted by atomic mass is 10.0. The van der Waals surface area contributed by atoms with Crippen LogP contribution in [0.15, 0.2) is 15.3 Å². The second-order valence-corrected chi connectivity index (χ2v) is 4.50. The van der Waals surface area contributed by atoms with Crippen LogP contribution >= 0.6 is 0 Å². The van der Waals surface area contributed by atoms with Crippen LogP contribution in [0.3, 0.4) is 0 Å². The van der Waals surface area contributed by atoms with Crippen LogP contribution in [-0.4, -0.2) is 17.3 Å². The summed E-state index contributed by atoms with van der Waals surface area (Å²) in [5.41, 5.74) is -0.248. The fourth-order valence-electron chi connectivity index (χ4n) is 2.02. The Hall–Kier alpha value is -1.33. The number of ether oxygens (including phenoxy) is 1. The highest BCUT2D eigenvalue weighted by Gasteiger charge is 2.19. The number of hydrogen-bond acceptors (Lipinski definition) is 5. The standard InChI is InChI=1S/C14H22O5/c1-3-4-5-6-7-11(16)14-10(9-15)12(18-2)8-13(17)19-14/h8,11,15-16H,3-7,9H2,1-2H3/t11-/m0/s1. The van der Waals surface area contributed by atoms with E-state index in [0.717, 1.165) is 25.7 Å². The maximum Gasteiger partial charge on any atom is 0.339 e. The molecule has 0 fully saturated rings. The van der Waals surface area contributed by atoms with E-state index in [9.17, 15) is 15.0 Å². The number of aliphatic hydroxyl groups is 2. The summed E-state index contributed by atoms with van der Waals surface area (Å²) in [7, 11) is 1.41. The summed E-state index contributed by atoms with van der Waals surface area (Å²) < 4.78 is 10.0. The molecule has 0 saturated heterocycles. The fraction of sp³-hybridized carbons (Fsp3) is 0.643. The Morgan fingerprint density at radius 2 is 2.11 bits per heavy atom. The van der Waals surface area contributed by atoms with Gasteiger partial charge in [-0.3, -0.25) is 0 Å². The molecule has 0 spiro atoms. The molecule has 5 heteroatoms. The van der Waals surface area contributed by atoms with Crippen molar-refractivity contribution in [2.45, 2.75) is 51.7 Å². The minimum atomic E-state index is -0.887. The van der Waals surface area contributed by atoms with Crippen LogP contribution in [0.2, 0.25) is 0 Å². The van der Waals surface area contributed by atoms with Crippen molar-refractivity contribution in [3.63, 3.8) is 0 Å². The molecule has 5 nitrogen and oxygen atoms in total. The van der Waals surface area contributed by atoms with Gasteiger partial charge in [0.15, 0.2) is 0 Å². The van der Waals surface area contributed by atoms with Gasteiger partial charge in [-0.2, -0.15) is 0 Å². The van der Waals surface area contributed by atoms with Crippen molar-refractivity contribution in [2.75, 3.05) is 7.11 Å². The Balaban J connectivity index is 2.85. The van der Waals surface area contributed by atoms with Crippen LogP contribution in [0, 0.1) is 0 Å². The average Bonchev–Trinajstić information content (AvgIpc) is 2.42. The van der Waals surface area contributed by atoms with Gasteiger partial charge in [-0.25, -0.2) is 4.79 Å². The van der Waals surface area contributed by atoms with Crippen molar-refractivity contribution in [3.8, 4) is 5.75 Å². The van der Waals surface area contributed by atoms with Gasteiger partial charge in [-0.05, 0) is 6.42 Å². The van der Waals surface area contributed by atoms with Crippen molar-refractivity contribution in [1.29, 1.82) is 0 Å². The van der Waals surface area contributed by atoms with Gasteiger partial charge in [0.1, 0.15) is 17.6 Å². The molecule has 0 aliphatic rings. The predicted molar refractivity (Wildman–Crippen MR) is 71.2 cm³/mol. The molecule has 108 valence electrons. The van der Waals surface area contributed by atoms with Crippen LogP contribution in [0.1, 0.15) is 56.5 Å². The molecule has 2 N–H and O–H groups in total. The first-order valence-electron chi connectivity index (χ1n) is 6.63. The topological polar surface area (TPSA) is 79.9 Å². The van der Waals surface area contributed by atoms with E-state index in [1.807, 2.05) is 0 Å². The lowest BCUT2D eigenvalue weighted by Crippen LogP contribution is -2.11. The third kappa shape index (κ3) is 4.36. The van der Waals surface area contributed by atoms with Crippen molar-refractivity contribution in [2.24, 2.45) is 0 Å². The molecule has 1 heterocycles. The molecule has 0 amide bonds. The van der Waals surface area contributed by atoms with Crippen molar-refractivity contribution < 1.29 is 19.4 Å². The zero-order valence-corrected chi connectivity index (χ0v) is 11.5. The lowest BCUT2D eigenvalue weighted by Gasteiger charge is -2.14. The number of rotatable bonds is 8. The fourth-order valence-corrected chi connectivity index (χ4v) is 2.02. The van der Waals surface area contributed by atoms with Gasteiger partial charge in [0.2, 0.25) is 0 Å². The Morgan fingerprint density at radius 3 is 2.68 bits per heavy atom. The molecule has 19 heavy (non-hydrogen) atoms. The summed E-state index contributed by atoms with van der Waals surface area (Å²) in [6, 6.07) is 1.17. The molecule has 0 saturated carbocycles. The number of aliphatic hydroxyl groups excluding tert-OH is 2. The molecule has 0 aliphatic heterocycles. The van der Waals surface area contributed by atoms with E-state index in [1.54, 1.807) is 0 Å². The van der Waals surface area contributed by atoms with Crippen molar-refractivity contribution in [1.82, 2.24) is 0 Å². The normalized spacial score (nSPS) is 12.4. The third-order valence-corrected chi connectivity index (χ3v) is 3.07. The zero-order chi connectivity index (χ0) is 14.3. The zero-order valence-electron chi connectivity index (χ0n) is 11.5. The molecule has 0 aliphatic carbocycles. The Bertz CT molecular complexity index is 438. The van der Waals surface area contributed by atoms with E-state index in [-0.39, 0.29) is 18.1 Å². The van der Waals surface area contributed by atoms with Crippen molar-refractivity contribution in [3.05, 3.63) is 27.8 Å². The lowest BCUT2D eigenvalue weighted by molar-refractivity contribution is 0.125. The third-order valence-electron chi connectivity index (χ3n) is 3.07. The van der Waals surface area contributed by atoms with Crippen LogP contribution in [0.5, 0.6) is 5.75 Å². The van der Waals surface area contributed by atoms with Crippen LogP contribution in [0.25, 0.3) is 0 Å². The maximum absolute atomic E-state index is 11.4. The minimum Gasteiger partial charge on any atom is -0.496 e.